The minimum atomic E-state index is -0.161. The van der Waals surface area contributed by atoms with E-state index in [4.69, 9.17) is 4.74 Å². The Morgan fingerprint density at radius 1 is 1.14 bits per heavy atom. The second-order valence-corrected chi connectivity index (χ2v) is 5.16. The summed E-state index contributed by atoms with van der Waals surface area (Å²) in [5.41, 5.74) is 3.71. The van der Waals surface area contributed by atoms with Crippen LogP contribution < -0.4 is 10.1 Å². The maximum atomic E-state index is 14.2. The molecule has 0 atom stereocenters. The lowest BCUT2D eigenvalue weighted by Crippen LogP contribution is -2.14. The molecule has 0 radical (unpaired) electrons. The molecule has 1 N–H and O–H groups in total. The molecule has 0 aliphatic carbocycles. The lowest BCUT2D eigenvalue weighted by molar-refractivity contribution is 0.414. The first-order valence-corrected chi connectivity index (χ1v) is 7.30. The summed E-state index contributed by atoms with van der Waals surface area (Å²) in [4.78, 5) is 0. The summed E-state index contributed by atoms with van der Waals surface area (Å²) >= 11 is 0. The first kappa shape index (κ1) is 15.5. The number of aryl methyl sites for hydroxylation is 1. The first-order chi connectivity index (χ1) is 10.2. The van der Waals surface area contributed by atoms with Gasteiger partial charge in [-0.25, -0.2) is 4.39 Å². The van der Waals surface area contributed by atoms with Crippen LogP contribution >= 0.6 is 0 Å². The average molecular weight is 287 g/mol. The largest absolute Gasteiger partial charge is 0.497 e. The van der Waals surface area contributed by atoms with Gasteiger partial charge in [-0.15, -0.1) is 0 Å². The van der Waals surface area contributed by atoms with E-state index in [0.29, 0.717) is 12.1 Å². The van der Waals surface area contributed by atoms with Crippen molar-refractivity contribution in [3.05, 3.63) is 53.3 Å². The van der Waals surface area contributed by atoms with E-state index in [1.165, 1.54) is 0 Å². The van der Waals surface area contributed by atoms with Crippen LogP contribution in [0.2, 0.25) is 0 Å². The monoisotopic (exact) mass is 287 g/mol. The van der Waals surface area contributed by atoms with Gasteiger partial charge in [-0.3, -0.25) is 0 Å². The summed E-state index contributed by atoms with van der Waals surface area (Å²) in [5, 5.41) is 3.22. The van der Waals surface area contributed by atoms with Crippen molar-refractivity contribution < 1.29 is 9.13 Å². The molecular weight excluding hydrogens is 265 g/mol. The fourth-order valence-corrected chi connectivity index (χ4v) is 2.35. The van der Waals surface area contributed by atoms with Gasteiger partial charge in [0.25, 0.3) is 0 Å². The lowest BCUT2D eigenvalue weighted by atomic mass is 9.99. The molecule has 0 fully saturated rings. The van der Waals surface area contributed by atoms with Crippen molar-refractivity contribution in [1.29, 1.82) is 0 Å². The van der Waals surface area contributed by atoms with Crippen LogP contribution in [0.15, 0.2) is 36.4 Å². The molecule has 0 unspecified atom stereocenters. The van der Waals surface area contributed by atoms with Gasteiger partial charge in [0.2, 0.25) is 0 Å². The Hall–Kier alpha value is -1.87. The van der Waals surface area contributed by atoms with Crippen molar-refractivity contribution in [1.82, 2.24) is 5.32 Å². The molecule has 0 bridgehead atoms. The molecule has 0 heterocycles. The summed E-state index contributed by atoms with van der Waals surface area (Å²) in [6.07, 6.45) is 1.05. The highest BCUT2D eigenvalue weighted by atomic mass is 19.1. The van der Waals surface area contributed by atoms with Crippen LogP contribution in [0.1, 0.15) is 24.5 Å². The van der Waals surface area contributed by atoms with Crippen molar-refractivity contribution in [2.45, 2.75) is 26.8 Å². The van der Waals surface area contributed by atoms with Gasteiger partial charge in [0.15, 0.2) is 0 Å². The maximum Gasteiger partial charge on any atom is 0.128 e. The summed E-state index contributed by atoms with van der Waals surface area (Å²) in [6.45, 7) is 5.58. The van der Waals surface area contributed by atoms with Crippen molar-refractivity contribution in [3.8, 4) is 16.9 Å². The SMILES string of the molecule is CCCNCc1ccc(-c2ccc(OC)cc2C)cc1F. The summed E-state index contributed by atoms with van der Waals surface area (Å²) in [7, 11) is 1.65. The van der Waals surface area contributed by atoms with Crippen LogP contribution in [-0.2, 0) is 6.54 Å². The maximum absolute atomic E-state index is 14.2. The number of benzene rings is 2. The Morgan fingerprint density at radius 2 is 1.95 bits per heavy atom. The van der Waals surface area contributed by atoms with Crippen LogP contribution in [0.25, 0.3) is 11.1 Å². The summed E-state index contributed by atoms with van der Waals surface area (Å²) in [5.74, 6) is 0.656. The van der Waals surface area contributed by atoms with E-state index in [0.717, 1.165) is 35.4 Å². The smallest absolute Gasteiger partial charge is 0.128 e. The van der Waals surface area contributed by atoms with E-state index in [1.54, 1.807) is 13.2 Å². The molecule has 0 saturated heterocycles. The third-order valence-electron chi connectivity index (χ3n) is 3.54. The summed E-state index contributed by atoms with van der Waals surface area (Å²) < 4.78 is 19.4. The topological polar surface area (TPSA) is 21.3 Å². The molecule has 0 aliphatic heterocycles. The molecule has 0 spiro atoms. The normalized spacial score (nSPS) is 10.7. The molecule has 3 heteroatoms. The van der Waals surface area contributed by atoms with E-state index < -0.39 is 0 Å². The molecule has 0 aliphatic rings. The molecule has 21 heavy (non-hydrogen) atoms. The standard InChI is InChI=1S/C18H22FNO/c1-4-9-20-12-15-6-5-14(11-18(15)19)17-8-7-16(21-3)10-13(17)2/h5-8,10-11,20H,4,9,12H2,1-3H3. The highest BCUT2D eigenvalue weighted by molar-refractivity contribution is 5.68. The van der Waals surface area contributed by atoms with Crippen molar-refractivity contribution in [2.24, 2.45) is 0 Å². The number of halogens is 1. The van der Waals surface area contributed by atoms with Crippen molar-refractivity contribution >= 4 is 0 Å². The van der Waals surface area contributed by atoms with Gasteiger partial charge < -0.3 is 10.1 Å². The fraction of sp³-hybridized carbons (Fsp3) is 0.333. The lowest BCUT2D eigenvalue weighted by Gasteiger charge is -2.10. The van der Waals surface area contributed by atoms with Gasteiger partial charge in [-0.2, -0.15) is 0 Å². The second kappa shape index (κ2) is 7.23. The van der Waals surface area contributed by atoms with E-state index in [2.05, 4.69) is 12.2 Å². The molecule has 2 aromatic carbocycles. The molecule has 2 rings (SSSR count). The van der Waals surface area contributed by atoms with E-state index >= 15 is 0 Å². The number of methoxy groups -OCH3 is 1. The van der Waals surface area contributed by atoms with E-state index in [9.17, 15) is 4.39 Å². The van der Waals surface area contributed by atoms with E-state index in [-0.39, 0.29) is 5.82 Å². The molecule has 0 amide bonds. The van der Waals surface area contributed by atoms with Crippen LogP contribution in [0, 0.1) is 12.7 Å². The zero-order valence-electron chi connectivity index (χ0n) is 12.9. The van der Waals surface area contributed by atoms with Gasteiger partial charge in [0, 0.05) is 12.1 Å². The average Bonchev–Trinajstić information content (AvgIpc) is 2.49. The number of nitrogens with one attached hydrogen (secondary N) is 1. The second-order valence-electron chi connectivity index (χ2n) is 5.16. The Balaban J connectivity index is 2.23. The highest BCUT2D eigenvalue weighted by Crippen LogP contribution is 2.28. The summed E-state index contributed by atoms with van der Waals surface area (Å²) in [6, 6.07) is 11.3. The van der Waals surface area contributed by atoms with Crippen molar-refractivity contribution in [2.75, 3.05) is 13.7 Å². The molecule has 0 saturated carbocycles. The Labute approximate surface area is 126 Å². The number of ether oxygens (including phenoxy) is 1. The predicted molar refractivity (Wildman–Crippen MR) is 85.1 cm³/mol. The quantitative estimate of drug-likeness (QED) is 0.799. The van der Waals surface area contributed by atoms with E-state index in [1.807, 2.05) is 37.3 Å². The van der Waals surface area contributed by atoms with Gasteiger partial charge >= 0.3 is 0 Å². The zero-order valence-corrected chi connectivity index (χ0v) is 12.9. The minimum Gasteiger partial charge on any atom is -0.497 e. The predicted octanol–water partition coefficient (Wildman–Crippen LogP) is 4.31. The van der Waals surface area contributed by atoms with Crippen molar-refractivity contribution in [3.63, 3.8) is 0 Å². The third-order valence-corrected chi connectivity index (χ3v) is 3.54. The number of rotatable bonds is 6. The van der Waals surface area contributed by atoms with Gasteiger partial charge in [0.05, 0.1) is 7.11 Å². The van der Waals surface area contributed by atoms with Crippen LogP contribution in [0.3, 0.4) is 0 Å². The first-order valence-electron chi connectivity index (χ1n) is 7.30. The van der Waals surface area contributed by atoms with Crippen LogP contribution in [0.4, 0.5) is 4.39 Å². The zero-order chi connectivity index (χ0) is 15.2. The molecule has 112 valence electrons. The number of hydrogen-bond donors (Lipinski definition) is 1. The molecule has 2 nitrogen and oxygen atoms in total. The van der Waals surface area contributed by atoms with Gasteiger partial charge in [0.1, 0.15) is 11.6 Å². The molecule has 0 aromatic heterocycles. The van der Waals surface area contributed by atoms with Crippen LogP contribution in [0.5, 0.6) is 5.75 Å². The Bertz CT molecular complexity index is 610. The Kier molecular flexibility index (Phi) is 5.34. The van der Waals surface area contributed by atoms with Crippen LogP contribution in [-0.4, -0.2) is 13.7 Å². The van der Waals surface area contributed by atoms with Gasteiger partial charge in [-0.1, -0.05) is 25.1 Å². The fourth-order valence-electron chi connectivity index (χ4n) is 2.35. The number of hydrogen-bond acceptors (Lipinski definition) is 2. The molecule has 2 aromatic rings. The molecular formula is C18H22FNO. The Morgan fingerprint density at radius 3 is 2.57 bits per heavy atom. The minimum absolute atomic E-state index is 0.161. The van der Waals surface area contributed by atoms with Gasteiger partial charge in [-0.05, 0) is 54.8 Å². The third kappa shape index (κ3) is 3.82. The highest BCUT2D eigenvalue weighted by Gasteiger charge is 2.07.